The van der Waals surface area contributed by atoms with Gasteiger partial charge in [-0.25, -0.2) is 0 Å². The topological polar surface area (TPSA) is 23.5 Å². The van der Waals surface area contributed by atoms with Gasteiger partial charge in [0.15, 0.2) is 0 Å². The predicted octanol–water partition coefficient (Wildman–Crippen LogP) is 2.41. The van der Waals surface area contributed by atoms with Crippen molar-refractivity contribution in [3.63, 3.8) is 0 Å². The van der Waals surface area contributed by atoms with Gasteiger partial charge in [-0.05, 0) is 31.1 Å². The summed E-state index contributed by atoms with van der Waals surface area (Å²) in [6.07, 6.45) is -0.388. The van der Waals surface area contributed by atoms with Crippen LogP contribution in [0.4, 0.5) is 0 Å². The number of hydrogen-bond donors (Lipinski definition) is 1. The molecule has 0 bridgehead atoms. The highest BCUT2D eigenvalue weighted by Crippen LogP contribution is 2.18. The first-order chi connectivity index (χ1) is 7.00. The molecule has 0 spiro atoms. The molecular formula is C13H21NO. The van der Waals surface area contributed by atoms with Gasteiger partial charge in [0.2, 0.25) is 0 Å². The van der Waals surface area contributed by atoms with Crippen LogP contribution >= 0.6 is 0 Å². The average molecular weight is 207 g/mol. The zero-order valence-corrected chi connectivity index (χ0v) is 10.1. The van der Waals surface area contributed by atoms with Crippen molar-refractivity contribution in [1.82, 2.24) is 4.90 Å². The van der Waals surface area contributed by atoms with E-state index in [-0.39, 0.29) is 6.10 Å². The van der Waals surface area contributed by atoms with Crippen molar-refractivity contribution in [3.05, 3.63) is 35.4 Å². The van der Waals surface area contributed by atoms with Gasteiger partial charge in [0.1, 0.15) is 0 Å². The second kappa shape index (κ2) is 5.29. The molecule has 0 saturated carbocycles. The highest BCUT2D eigenvalue weighted by molar-refractivity contribution is 5.26. The van der Waals surface area contributed by atoms with E-state index in [1.165, 1.54) is 5.56 Å². The molecule has 0 aromatic heterocycles. The van der Waals surface area contributed by atoms with E-state index in [9.17, 15) is 5.11 Å². The number of aliphatic hydroxyl groups is 1. The zero-order chi connectivity index (χ0) is 11.4. The number of benzene rings is 1. The SMILES string of the molecule is CC(C)c1ccc(C(O)CN(C)C)cc1. The Morgan fingerprint density at radius 3 is 1.93 bits per heavy atom. The largest absolute Gasteiger partial charge is 0.387 e. The monoisotopic (exact) mass is 207 g/mol. The summed E-state index contributed by atoms with van der Waals surface area (Å²) in [6, 6.07) is 8.23. The van der Waals surface area contributed by atoms with Crippen LogP contribution in [-0.2, 0) is 0 Å². The molecule has 84 valence electrons. The fourth-order valence-electron chi connectivity index (χ4n) is 1.55. The van der Waals surface area contributed by atoms with E-state index in [4.69, 9.17) is 0 Å². The molecule has 0 aliphatic carbocycles. The number of rotatable bonds is 4. The van der Waals surface area contributed by atoms with E-state index in [0.717, 1.165) is 5.56 Å². The van der Waals surface area contributed by atoms with Crippen molar-refractivity contribution >= 4 is 0 Å². The van der Waals surface area contributed by atoms with Crippen molar-refractivity contribution in [1.29, 1.82) is 0 Å². The fraction of sp³-hybridized carbons (Fsp3) is 0.538. The van der Waals surface area contributed by atoms with Crippen LogP contribution in [0.1, 0.15) is 37.0 Å². The number of aliphatic hydroxyl groups excluding tert-OH is 1. The quantitative estimate of drug-likeness (QED) is 0.819. The van der Waals surface area contributed by atoms with Gasteiger partial charge >= 0.3 is 0 Å². The van der Waals surface area contributed by atoms with Gasteiger partial charge in [-0.3, -0.25) is 0 Å². The minimum atomic E-state index is -0.388. The number of likely N-dealkylation sites (N-methyl/N-ethyl adjacent to an activating group) is 1. The summed E-state index contributed by atoms with van der Waals surface area (Å²) in [5.74, 6) is 0.546. The Labute approximate surface area is 92.5 Å². The van der Waals surface area contributed by atoms with E-state index in [0.29, 0.717) is 12.5 Å². The smallest absolute Gasteiger partial charge is 0.0916 e. The van der Waals surface area contributed by atoms with Gasteiger partial charge in [0.05, 0.1) is 6.10 Å². The Morgan fingerprint density at radius 2 is 1.53 bits per heavy atom. The van der Waals surface area contributed by atoms with Crippen molar-refractivity contribution < 1.29 is 5.11 Å². The summed E-state index contributed by atoms with van der Waals surface area (Å²) in [4.78, 5) is 1.99. The van der Waals surface area contributed by atoms with Crippen LogP contribution in [0.15, 0.2) is 24.3 Å². The van der Waals surface area contributed by atoms with Crippen LogP contribution < -0.4 is 0 Å². The van der Waals surface area contributed by atoms with Gasteiger partial charge in [-0.1, -0.05) is 38.1 Å². The van der Waals surface area contributed by atoms with Crippen LogP contribution in [0.5, 0.6) is 0 Å². The lowest BCUT2D eigenvalue weighted by molar-refractivity contribution is 0.138. The first kappa shape index (κ1) is 12.2. The number of hydrogen-bond acceptors (Lipinski definition) is 2. The lowest BCUT2D eigenvalue weighted by atomic mass is 10.00. The predicted molar refractivity (Wildman–Crippen MR) is 64.0 cm³/mol. The van der Waals surface area contributed by atoms with Gasteiger partial charge < -0.3 is 10.0 Å². The molecule has 0 aliphatic rings. The zero-order valence-electron chi connectivity index (χ0n) is 10.1. The molecule has 1 aromatic carbocycles. The molecule has 0 aliphatic heterocycles. The first-order valence-corrected chi connectivity index (χ1v) is 5.43. The number of nitrogens with zero attached hydrogens (tertiary/aromatic N) is 1. The van der Waals surface area contributed by atoms with E-state index in [1.807, 2.05) is 31.1 Å². The molecule has 1 rings (SSSR count). The molecule has 1 atom stereocenters. The van der Waals surface area contributed by atoms with Crippen molar-refractivity contribution in [3.8, 4) is 0 Å². The lowest BCUT2D eigenvalue weighted by Crippen LogP contribution is -2.19. The molecule has 2 heteroatoms. The summed E-state index contributed by atoms with van der Waals surface area (Å²) in [5, 5.41) is 9.88. The maximum atomic E-state index is 9.88. The average Bonchev–Trinajstić information content (AvgIpc) is 2.17. The molecule has 0 radical (unpaired) electrons. The summed E-state index contributed by atoms with van der Waals surface area (Å²) >= 11 is 0. The first-order valence-electron chi connectivity index (χ1n) is 5.43. The van der Waals surface area contributed by atoms with E-state index in [1.54, 1.807) is 0 Å². The molecule has 0 amide bonds. The van der Waals surface area contributed by atoms with E-state index in [2.05, 4.69) is 26.0 Å². The fourth-order valence-corrected chi connectivity index (χ4v) is 1.55. The van der Waals surface area contributed by atoms with Gasteiger partial charge in [-0.15, -0.1) is 0 Å². The van der Waals surface area contributed by atoms with Gasteiger partial charge in [0, 0.05) is 6.54 Å². The molecule has 1 N–H and O–H groups in total. The van der Waals surface area contributed by atoms with E-state index < -0.39 is 0 Å². The standard InChI is InChI=1S/C13H21NO/c1-10(2)11-5-7-12(8-6-11)13(15)9-14(3)4/h5-8,10,13,15H,9H2,1-4H3. The highest BCUT2D eigenvalue weighted by Gasteiger charge is 2.08. The van der Waals surface area contributed by atoms with Gasteiger partial charge in [0.25, 0.3) is 0 Å². The lowest BCUT2D eigenvalue weighted by Gasteiger charge is -2.16. The molecule has 1 aromatic rings. The van der Waals surface area contributed by atoms with Crippen molar-refractivity contribution in [2.75, 3.05) is 20.6 Å². The maximum Gasteiger partial charge on any atom is 0.0916 e. The Kier molecular flexibility index (Phi) is 4.30. The third kappa shape index (κ3) is 3.65. The molecule has 15 heavy (non-hydrogen) atoms. The Balaban J connectivity index is 2.71. The van der Waals surface area contributed by atoms with Crippen LogP contribution in [0, 0.1) is 0 Å². The summed E-state index contributed by atoms with van der Waals surface area (Å²) in [6.45, 7) is 5.01. The summed E-state index contributed by atoms with van der Waals surface area (Å²) < 4.78 is 0. The minimum absolute atomic E-state index is 0.388. The van der Waals surface area contributed by atoms with Crippen LogP contribution in [0.25, 0.3) is 0 Å². The molecule has 2 nitrogen and oxygen atoms in total. The van der Waals surface area contributed by atoms with Crippen LogP contribution in [0.2, 0.25) is 0 Å². The highest BCUT2D eigenvalue weighted by atomic mass is 16.3. The second-order valence-electron chi connectivity index (χ2n) is 4.60. The molecule has 1 unspecified atom stereocenters. The molecule has 0 heterocycles. The Hall–Kier alpha value is -0.860. The molecule has 0 fully saturated rings. The maximum absolute atomic E-state index is 9.88. The van der Waals surface area contributed by atoms with E-state index >= 15 is 0 Å². The molecule has 0 saturated heterocycles. The Bertz CT molecular complexity index is 290. The Morgan fingerprint density at radius 1 is 1.07 bits per heavy atom. The van der Waals surface area contributed by atoms with Gasteiger partial charge in [-0.2, -0.15) is 0 Å². The normalized spacial score (nSPS) is 13.5. The van der Waals surface area contributed by atoms with Crippen LogP contribution in [0.3, 0.4) is 0 Å². The second-order valence-corrected chi connectivity index (χ2v) is 4.60. The van der Waals surface area contributed by atoms with Crippen molar-refractivity contribution in [2.24, 2.45) is 0 Å². The van der Waals surface area contributed by atoms with Crippen molar-refractivity contribution in [2.45, 2.75) is 25.9 Å². The third-order valence-electron chi connectivity index (χ3n) is 2.53. The van der Waals surface area contributed by atoms with Crippen LogP contribution in [-0.4, -0.2) is 30.6 Å². The minimum Gasteiger partial charge on any atom is -0.387 e. The summed E-state index contributed by atoms with van der Waals surface area (Å²) in [5.41, 5.74) is 2.31. The third-order valence-corrected chi connectivity index (χ3v) is 2.53. The summed E-state index contributed by atoms with van der Waals surface area (Å²) in [7, 11) is 3.93. The molecular weight excluding hydrogens is 186 g/mol.